The standard InChI is InChI=1S/C25H35ClN4O3/c1-24(2,3)29-22(31)9-13-30(25(4,5)6)23(32)18-15-19(26)17-21(16-18)33-14-12-28-20-7-10-27-11-8-20/h7-8,10-11,15-17H,9,12-14H2,1-6H3,(H,27,28)(H,29,31). The van der Waals surface area contributed by atoms with Crippen LogP contribution in [0.15, 0.2) is 42.7 Å². The second kappa shape index (κ2) is 11.4. The second-order valence-electron chi connectivity index (χ2n) is 9.86. The maximum atomic E-state index is 13.4. The van der Waals surface area contributed by atoms with Gasteiger partial charge in [0.05, 0.1) is 0 Å². The van der Waals surface area contributed by atoms with E-state index in [0.29, 0.717) is 36.0 Å². The van der Waals surface area contributed by atoms with Crippen LogP contribution in [-0.4, -0.2) is 52.5 Å². The Labute approximate surface area is 201 Å². The summed E-state index contributed by atoms with van der Waals surface area (Å²) >= 11 is 6.28. The summed E-state index contributed by atoms with van der Waals surface area (Å²) in [6.07, 6.45) is 3.64. The molecule has 1 aromatic carbocycles. The van der Waals surface area contributed by atoms with Crippen molar-refractivity contribution in [1.29, 1.82) is 0 Å². The van der Waals surface area contributed by atoms with Gasteiger partial charge < -0.3 is 20.3 Å². The van der Waals surface area contributed by atoms with Gasteiger partial charge in [0.1, 0.15) is 12.4 Å². The lowest BCUT2D eigenvalue weighted by molar-refractivity contribution is -0.122. The van der Waals surface area contributed by atoms with Crippen LogP contribution in [0.5, 0.6) is 5.75 Å². The number of ether oxygens (including phenoxy) is 1. The van der Waals surface area contributed by atoms with E-state index in [1.54, 1.807) is 35.5 Å². The molecule has 0 bridgehead atoms. The second-order valence-corrected chi connectivity index (χ2v) is 10.3. The summed E-state index contributed by atoms with van der Waals surface area (Å²) in [5.74, 6) is 0.219. The van der Waals surface area contributed by atoms with Crippen LogP contribution >= 0.6 is 11.6 Å². The predicted molar refractivity (Wildman–Crippen MR) is 133 cm³/mol. The fraction of sp³-hybridized carbons (Fsp3) is 0.480. The predicted octanol–water partition coefficient (Wildman–Crippen LogP) is 4.77. The number of benzene rings is 1. The summed E-state index contributed by atoms with van der Waals surface area (Å²) in [6, 6.07) is 8.75. The summed E-state index contributed by atoms with van der Waals surface area (Å²) < 4.78 is 5.82. The fourth-order valence-electron chi connectivity index (χ4n) is 3.20. The zero-order chi connectivity index (χ0) is 24.6. The van der Waals surface area contributed by atoms with Gasteiger partial charge in [-0.05, 0) is 71.9 Å². The molecule has 0 fully saturated rings. The van der Waals surface area contributed by atoms with Crippen LogP contribution in [0.2, 0.25) is 5.02 Å². The first-order valence-electron chi connectivity index (χ1n) is 11.1. The molecule has 1 heterocycles. The molecule has 180 valence electrons. The van der Waals surface area contributed by atoms with Crippen LogP contribution in [0.25, 0.3) is 0 Å². The number of aromatic nitrogens is 1. The molecule has 0 radical (unpaired) electrons. The molecule has 2 aromatic rings. The highest BCUT2D eigenvalue weighted by atomic mass is 35.5. The lowest BCUT2D eigenvalue weighted by Crippen LogP contribution is -2.48. The quantitative estimate of drug-likeness (QED) is 0.511. The number of rotatable bonds is 9. The zero-order valence-corrected chi connectivity index (χ0v) is 21.1. The Hall–Kier alpha value is -2.80. The van der Waals surface area contributed by atoms with Crippen LogP contribution < -0.4 is 15.4 Å². The maximum Gasteiger partial charge on any atom is 0.254 e. The molecule has 0 unspecified atom stereocenters. The van der Waals surface area contributed by atoms with Crippen molar-refractivity contribution in [2.45, 2.75) is 59.0 Å². The SMILES string of the molecule is CC(C)(C)NC(=O)CCN(C(=O)c1cc(Cl)cc(OCCNc2ccncc2)c1)C(C)(C)C. The zero-order valence-electron chi connectivity index (χ0n) is 20.4. The Morgan fingerprint density at radius 3 is 2.33 bits per heavy atom. The molecular weight excluding hydrogens is 440 g/mol. The number of pyridine rings is 1. The van der Waals surface area contributed by atoms with Crippen molar-refractivity contribution >= 4 is 29.1 Å². The molecule has 0 atom stereocenters. The van der Waals surface area contributed by atoms with E-state index in [-0.39, 0.29) is 23.8 Å². The van der Waals surface area contributed by atoms with Gasteiger partial charge in [0, 0.05) is 59.3 Å². The van der Waals surface area contributed by atoms with Gasteiger partial charge in [-0.3, -0.25) is 14.6 Å². The van der Waals surface area contributed by atoms with Crippen LogP contribution in [0.1, 0.15) is 58.3 Å². The average Bonchev–Trinajstić information content (AvgIpc) is 2.69. The molecule has 0 spiro atoms. The minimum Gasteiger partial charge on any atom is -0.492 e. The Morgan fingerprint density at radius 2 is 1.73 bits per heavy atom. The lowest BCUT2D eigenvalue weighted by Gasteiger charge is -2.36. The average molecular weight is 475 g/mol. The van der Waals surface area contributed by atoms with Gasteiger partial charge in [0.2, 0.25) is 5.91 Å². The summed E-state index contributed by atoms with van der Waals surface area (Å²) in [4.78, 5) is 31.4. The Morgan fingerprint density at radius 1 is 1.06 bits per heavy atom. The summed E-state index contributed by atoms with van der Waals surface area (Å²) in [5.41, 5.74) is 0.577. The Kier molecular flexibility index (Phi) is 9.11. The molecule has 0 aliphatic carbocycles. The minimum atomic E-state index is -0.475. The van der Waals surface area contributed by atoms with Gasteiger partial charge in [-0.25, -0.2) is 0 Å². The first-order chi connectivity index (χ1) is 15.3. The monoisotopic (exact) mass is 474 g/mol. The molecule has 2 N–H and O–H groups in total. The molecule has 0 saturated heterocycles. The van der Waals surface area contributed by atoms with Crippen LogP contribution in [-0.2, 0) is 4.79 Å². The maximum absolute atomic E-state index is 13.4. The third-order valence-corrected chi connectivity index (χ3v) is 4.85. The largest absolute Gasteiger partial charge is 0.492 e. The smallest absolute Gasteiger partial charge is 0.254 e. The number of nitrogens with zero attached hydrogens (tertiary/aromatic N) is 2. The van der Waals surface area contributed by atoms with E-state index in [9.17, 15) is 9.59 Å². The van der Waals surface area contributed by atoms with Crippen LogP contribution in [0.4, 0.5) is 5.69 Å². The molecule has 2 amide bonds. The van der Waals surface area contributed by atoms with Gasteiger partial charge >= 0.3 is 0 Å². The number of carbonyl (C=O) groups is 2. The lowest BCUT2D eigenvalue weighted by atomic mass is 10.0. The number of hydrogen-bond acceptors (Lipinski definition) is 5. The third kappa shape index (κ3) is 9.30. The van der Waals surface area contributed by atoms with E-state index in [1.165, 1.54) is 0 Å². The van der Waals surface area contributed by atoms with Crippen molar-refractivity contribution in [3.8, 4) is 5.75 Å². The molecule has 1 aromatic heterocycles. The fourth-order valence-corrected chi connectivity index (χ4v) is 3.42. The van der Waals surface area contributed by atoms with E-state index in [4.69, 9.17) is 16.3 Å². The number of halogens is 1. The van der Waals surface area contributed by atoms with Crippen LogP contribution in [0.3, 0.4) is 0 Å². The molecule has 0 aliphatic heterocycles. The summed E-state index contributed by atoms with van der Waals surface area (Å²) in [7, 11) is 0. The van der Waals surface area contributed by atoms with Gasteiger partial charge in [-0.1, -0.05) is 11.6 Å². The molecule has 0 aliphatic rings. The van der Waals surface area contributed by atoms with E-state index in [0.717, 1.165) is 5.69 Å². The third-order valence-electron chi connectivity index (χ3n) is 4.63. The Bertz CT molecular complexity index is 937. The molecule has 0 saturated carbocycles. The van der Waals surface area contributed by atoms with Crippen molar-refractivity contribution in [3.05, 3.63) is 53.3 Å². The van der Waals surface area contributed by atoms with E-state index >= 15 is 0 Å². The number of hydrogen-bond donors (Lipinski definition) is 2. The minimum absolute atomic E-state index is 0.0960. The van der Waals surface area contributed by atoms with Gasteiger partial charge in [0.25, 0.3) is 5.91 Å². The van der Waals surface area contributed by atoms with E-state index < -0.39 is 5.54 Å². The number of anilines is 1. The normalized spacial score (nSPS) is 11.6. The number of carbonyl (C=O) groups excluding carboxylic acids is 2. The Balaban J connectivity index is 2.05. The highest BCUT2D eigenvalue weighted by Gasteiger charge is 2.28. The van der Waals surface area contributed by atoms with E-state index in [2.05, 4.69) is 15.6 Å². The molecule has 2 rings (SSSR count). The summed E-state index contributed by atoms with van der Waals surface area (Å²) in [6.45, 7) is 12.9. The molecule has 7 nitrogen and oxygen atoms in total. The van der Waals surface area contributed by atoms with Gasteiger partial charge in [-0.2, -0.15) is 0 Å². The molecule has 33 heavy (non-hydrogen) atoms. The van der Waals surface area contributed by atoms with Crippen molar-refractivity contribution in [1.82, 2.24) is 15.2 Å². The highest BCUT2D eigenvalue weighted by molar-refractivity contribution is 6.31. The first kappa shape index (κ1) is 26.5. The van der Waals surface area contributed by atoms with Crippen LogP contribution in [0, 0.1) is 0 Å². The van der Waals surface area contributed by atoms with Crippen molar-refractivity contribution in [2.24, 2.45) is 0 Å². The molecular formula is C25H35ClN4O3. The van der Waals surface area contributed by atoms with Gasteiger partial charge in [0.15, 0.2) is 0 Å². The van der Waals surface area contributed by atoms with E-state index in [1.807, 2.05) is 53.7 Å². The van der Waals surface area contributed by atoms with Crippen molar-refractivity contribution < 1.29 is 14.3 Å². The summed E-state index contributed by atoms with van der Waals surface area (Å²) in [5, 5.41) is 6.59. The van der Waals surface area contributed by atoms with Crippen molar-refractivity contribution in [3.63, 3.8) is 0 Å². The number of amides is 2. The van der Waals surface area contributed by atoms with Crippen molar-refractivity contribution in [2.75, 3.05) is 25.0 Å². The topological polar surface area (TPSA) is 83.6 Å². The first-order valence-corrected chi connectivity index (χ1v) is 11.4. The molecule has 8 heteroatoms. The highest BCUT2D eigenvalue weighted by Crippen LogP contribution is 2.25. The van der Waals surface area contributed by atoms with Gasteiger partial charge in [-0.15, -0.1) is 0 Å². The number of nitrogens with one attached hydrogen (secondary N) is 2.